The molecular formula is C22H25N5OS. The number of para-hydroxylation sites is 1. The molecule has 0 radical (unpaired) electrons. The monoisotopic (exact) mass is 407 g/mol. The van der Waals surface area contributed by atoms with E-state index in [1.807, 2.05) is 51.9 Å². The van der Waals surface area contributed by atoms with Gasteiger partial charge in [0.1, 0.15) is 0 Å². The summed E-state index contributed by atoms with van der Waals surface area (Å²) < 4.78 is 2.01. The lowest BCUT2D eigenvalue weighted by atomic mass is 9.98. The first-order valence-corrected chi connectivity index (χ1v) is 11.0. The zero-order valence-corrected chi connectivity index (χ0v) is 17.5. The van der Waals surface area contributed by atoms with Gasteiger partial charge in [0.2, 0.25) is 5.91 Å². The lowest BCUT2D eigenvalue weighted by molar-refractivity contribution is -0.134. The largest absolute Gasteiger partial charge is 0.337 e. The van der Waals surface area contributed by atoms with Gasteiger partial charge in [-0.25, -0.2) is 0 Å². The van der Waals surface area contributed by atoms with Crippen LogP contribution in [0.15, 0.2) is 60.0 Å². The summed E-state index contributed by atoms with van der Waals surface area (Å²) >= 11 is 1.45. The Bertz CT molecular complexity index is 950. The summed E-state index contributed by atoms with van der Waals surface area (Å²) in [6.45, 7) is 4.29. The van der Waals surface area contributed by atoms with Gasteiger partial charge in [-0.3, -0.25) is 14.3 Å². The van der Waals surface area contributed by atoms with E-state index in [4.69, 9.17) is 0 Å². The zero-order valence-electron chi connectivity index (χ0n) is 16.7. The third-order valence-electron chi connectivity index (χ3n) is 5.39. The molecular weight excluding hydrogens is 382 g/mol. The number of pyridine rings is 1. The Balaban J connectivity index is 1.61. The Labute approximate surface area is 175 Å². The van der Waals surface area contributed by atoms with Crippen LogP contribution in [0.2, 0.25) is 0 Å². The van der Waals surface area contributed by atoms with Crippen LogP contribution in [0.4, 0.5) is 0 Å². The van der Waals surface area contributed by atoms with Crippen LogP contribution in [0.25, 0.3) is 17.1 Å². The highest BCUT2D eigenvalue weighted by atomic mass is 32.2. The predicted molar refractivity (Wildman–Crippen MR) is 115 cm³/mol. The molecule has 3 aromatic rings. The van der Waals surface area contributed by atoms with Crippen molar-refractivity contribution in [3.8, 4) is 17.1 Å². The Morgan fingerprint density at radius 3 is 2.41 bits per heavy atom. The van der Waals surface area contributed by atoms with Crippen LogP contribution in [0.1, 0.15) is 33.1 Å². The highest BCUT2D eigenvalue weighted by Crippen LogP contribution is 2.29. The van der Waals surface area contributed by atoms with Crippen molar-refractivity contribution in [2.45, 2.75) is 50.4 Å². The molecule has 0 aliphatic carbocycles. The fourth-order valence-electron chi connectivity index (χ4n) is 3.97. The molecule has 1 fully saturated rings. The second-order valence-electron chi connectivity index (χ2n) is 7.43. The number of likely N-dealkylation sites (tertiary alicyclic amines) is 1. The standard InChI is InChI=1S/C22H25N5OS/c1-16-7-6-8-17(2)26(16)20(28)15-29-22-25-24-21(18-11-13-23-14-12-18)27(22)19-9-4-3-5-10-19/h3-5,9-14,16-17H,6-8,15H2,1-2H3/t16-,17-/m1/s1. The van der Waals surface area contributed by atoms with E-state index in [0.29, 0.717) is 23.0 Å². The van der Waals surface area contributed by atoms with E-state index >= 15 is 0 Å². The topological polar surface area (TPSA) is 63.9 Å². The third kappa shape index (κ3) is 4.19. The number of aromatic nitrogens is 4. The molecule has 0 bridgehead atoms. The van der Waals surface area contributed by atoms with Crippen LogP contribution >= 0.6 is 11.8 Å². The number of amides is 1. The Morgan fingerprint density at radius 2 is 1.72 bits per heavy atom. The average Bonchev–Trinajstić information content (AvgIpc) is 3.17. The van der Waals surface area contributed by atoms with Crippen molar-refractivity contribution in [1.29, 1.82) is 0 Å². The molecule has 3 heterocycles. The zero-order chi connectivity index (χ0) is 20.2. The maximum absolute atomic E-state index is 13.0. The number of rotatable bonds is 5. The van der Waals surface area contributed by atoms with Crippen molar-refractivity contribution in [2.24, 2.45) is 0 Å². The van der Waals surface area contributed by atoms with Crippen LogP contribution in [0.5, 0.6) is 0 Å². The lowest BCUT2D eigenvalue weighted by Gasteiger charge is -2.39. The van der Waals surface area contributed by atoms with Crippen molar-refractivity contribution in [3.05, 3.63) is 54.9 Å². The number of benzene rings is 1. The molecule has 7 heteroatoms. The van der Waals surface area contributed by atoms with E-state index in [9.17, 15) is 4.79 Å². The van der Waals surface area contributed by atoms with Crippen LogP contribution in [0.3, 0.4) is 0 Å². The van der Waals surface area contributed by atoms with E-state index in [-0.39, 0.29) is 5.91 Å². The molecule has 1 aliphatic heterocycles. The van der Waals surface area contributed by atoms with E-state index in [0.717, 1.165) is 29.9 Å². The lowest BCUT2D eigenvalue weighted by Crippen LogP contribution is -2.48. The minimum atomic E-state index is 0.169. The van der Waals surface area contributed by atoms with Crippen molar-refractivity contribution in [1.82, 2.24) is 24.6 Å². The minimum Gasteiger partial charge on any atom is -0.337 e. The summed E-state index contributed by atoms with van der Waals surface area (Å²) in [5.41, 5.74) is 1.91. The van der Waals surface area contributed by atoms with Gasteiger partial charge in [-0.1, -0.05) is 30.0 Å². The van der Waals surface area contributed by atoms with Crippen LogP contribution in [0, 0.1) is 0 Å². The van der Waals surface area contributed by atoms with Gasteiger partial charge >= 0.3 is 0 Å². The smallest absolute Gasteiger partial charge is 0.233 e. The molecule has 2 atom stereocenters. The van der Waals surface area contributed by atoms with Gasteiger partial charge in [-0.2, -0.15) is 0 Å². The van der Waals surface area contributed by atoms with Crippen LogP contribution < -0.4 is 0 Å². The third-order valence-corrected chi connectivity index (χ3v) is 6.31. The maximum atomic E-state index is 13.0. The Hall–Kier alpha value is -2.67. The summed E-state index contributed by atoms with van der Waals surface area (Å²) in [5, 5.41) is 9.55. The van der Waals surface area contributed by atoms with Gasteiger partial charge in [-0.05, 0) is 57.4 Å². The molecule has 1 aromatic carbocycles. The molecule has 0 N–H and O–H groups in total. The molecule has 29 heavy (non-hydrogen) atoms. The second kappa shape index (κ2) is 8.78. The van der Waals surface area contributed by atoms with Crippen molar-refractivity contribution in [3.63, 3.8) is 0 Å². The molecule has 0 spiro atoms. The number of hydrogen-bond donors (Lipinski definition) is 0. The predicted octanol–water partition coefficient (Wildman–Crippen LogP) is 4.21. The SMILES string of the molecule is C[C@@H]1CCC[C@@H](C)N1C(=O)CSc1nnc(-c2ccncc2)n1-c1ccccc1. The number of carbonyl (C=O) groups excluding carboxylic acids is 1. The number of hydrogen-bond acceptors (Lipinski definition) is 5. The van der Waals surface area contributed by atoms with E-state index in [1.54, 1.807) is 12.4 Å². The summed E-state index contributed by atoms with van der Waals surface area (Å²) in [6, 6.07) is 14.4. The second-order valence-corrected chi connectivity index (χ2v) is 8.37. The van der Waals surface area contributed by atoms with Gasteiger partial charge in [0.15, 0.2) is 11.0 Å². The number of thioether (sulfide) groups is 1. The maximum Gasteiger partial charge on any atom is 0.233 e. The van der Waals surface area contributed by atoms with E-state index in [1.165, 1.54) is 18.2 Å². The molecule has 1 saturated heterocycles. The Morgan fingerprint density at radius 1 is 1.03 bits per heavy atom. The van der Waals surface area contributed by atoms with Gasteiger partial charge < -0.3 is 4.90 Å². The molecule has 0 unspecified atom stereocenters. The van der Waals surface area contributed by atoms with E-state index < -0.39 is 0 Å². The normalized spacial score (nSPS) is 19.3. The van der Waals surface area contributed by atoms with Gasteiger partial charge in [0.05, 0.1) is 5.75 Å². The molecule has 4 rings (SSSR count). The molecule has 150 valence electrons. The minimum absolute atomic E-state index is 0.169. The molecule has 0 saturated carbocycles. The van der Waals surface area contributed by atoms with Crippen LogP contribution in [-0.2, 0) is 4.79 Å². The fourth-order valence-corrected chi connectivity index (χ4v) is 4.80. The fraction of sp³-hybridized carbons (Fsp3) is 0.364. The van der Waals surface area contributed by atoms with Gasteiger partial charge in [-0.15, -0.1) is 10.2 Å². The van der Waals surface area contributed by atoms with Gasteiger partial charge in [0.25, 0.3) is 0 Å². The molecule has 1 aliphatic rings. The van der Waals surface area contributed by atoms with Crippen molar-refractivity contribution in [2.75, 3.05) is 5.75 Å². The number of nitrogens with zero attached hydrogens (tertiary/aromatic N) is 5. The highest BCUT2D eigenvalue weighted by molar-refractivity contribution is 7.99. The highest BCUT2D eigenvalue weighted by Gasteiger charge is 2.29. The summed E-state index contributed by atoms with van der Waals surface area (Å²) in [6.07, 6.45) is 6.83. The molecule has 6 nitrogen and oxygen atoms in total. The number of piperidine rings is 1. The first-order valence-electron chi connectivity index (χ1n) is 10.0. The van der Waals surface area contributed by atoms with Crippen molar-refractivity contribution >= 4 is 17.7 Å². The summed E-state index contributed by atoms with van der Waals surface area (Å²) in [7, 11) is 0. The average molecular weight is 408 g/mol. The first kappa shape index (κ1) is 19.6. The van der Waals surface area contributed by atoms with Crippen LogP contribution in [-0.4, -0.2) is 48.4 Å². The first-order chi connectivity index (χ1) is 14.1. The quantitative estimate of drug-likeness (QED) is 0.593. The van der Waals surface area contributed by atoms with Gasteiger partial charge in [0, 0.05) is 35.7 Å². The molecule has 2 aromatic heterocycles. The van der Waals surface area contributed by atoms with Crippen molar-refractivity contribution < 1.29 is 4.79 Å². The summed E-state index contributed by atoms with van der Waals surface area (Å²) in [5.74, 6) is 1.27. The number of carbonyl (C=O) groups is 1. The Kier molecular flexibility index (Phi) is 5.94. The molecule has 1 amide bonds. The van der Waals surface area contributed by atoms with E-state index in [2.05, 4.69) is 29.0 Å². The summed E-state index contributed by atoms with van der Waals surface area (Å²) in [4.78, 5) is 19.1.